The fourth-order valence-electron chi connectivity index (χ4n) is 7.61. The standard InChI is InChI=1S/C14H22O6.C14H20O4.2C13H20O6/c1-6-13(2,3)11(16)20-14(4,5)12(17)19-9-7-8-18-10(9)15;1-4-14(2,3)13(16)18-10-7-5-8-9(6-7)12(15)17-11(8)10;1-5-13(3,4)12(16)18-8(2)10(14)19-9-6-7-17-11(9)15;1-4-13(2,3)12(16)18-8-6-10(14)19-9-5-7-17-11(9)15/h9H,6-8H2,1-5H3;7-11H,4-6H2,1-3H3;8-9H,5-7H2,1-4H3;9H,4-8H2,1-3H3. The Kier molecular flexibility index (Phi) is 22.9. The number of hydrogen-bond donors (Lipinski definition) is 0. The van der Waals surface area contributed by atoms with Crippen molar-refractivity contribution in [2.45, 2.75) is 210 Å². The zero-order chi connectivity index (χ0) is 57.7. The van der Waals surface area contributed by atoms with E-state index < -0.39 is 99.4 Å². The average Bonchev–Trinajstić information content (AvgIpc) is 4.23. The highest BCUT2D eigenvalue weighted by atomic mass is 16.6. The maximum atomic E-state index is 12.1. The second kappa shape index (κ2) is 27.0. The maximum absolute atomic E-state index is 12.1. The molecule has 6 aliphatic rings. The third kappa shape index (κ3) is 17.3. The molecule has 430 valence electrons. The van der Waals surface area contributed by atoms with Crippen molar-refractivity contribution in [3.63, 3.8) is 0 Å². The predicted octanol–water partition coefficient (Wildman–Crippen LogP) is 5.95. The van der Waals surface area contributed by atoms with Gasteiger partial charge < -0.3 is 52.1 Å². The molecule has 22 nitrogen and oxygen atoms in total. The molecule has 76 heavy (non-hydrogen) atoms. The number of hydrogen-bond acceptors (Lipinski definition) is 22. The Morgan fingerprint density at radius 1 is 0.539 bits per heavy atom. The third-order valence-corrected chi connectivity index (χ3v) is 14.8. The minimum atomic E-state index is -1.44. The summed E-state index contributed by atoms with van der Waals surface area (Å²) in [6.45, 7) is 26.9. The first-order chi connectivity index (χ1) is 35.2. The summed E-state index contributed by atoms with van der Waals surface area (Å²) in [6, 6.07) is 0. The zero-order valence-electron chi connectivity index (χ0n) is 47.1. The number of rotatable bonds is 19. The molecule has 6 rings (SSSR count). The van der Waals surface area contributed by atoms with Crippen LogP contribution in [0.5, 0.6) is 0 Å². The zero-order valence-corrected chi connectivity index (χ0v) is 47.1. The van der Waals surface area contributed by atoms with Crippen LogP contribution in [0, 0.1) is 39.4 Å². The smallest absolute Gasteiger partial charge is 0.350 e. The number of esters is 11. The first-order valence-corrected chi connectivity index (χ1v) is 26.3. The summed E-state index contributed by atoms with van der Waals surface area (Å²) in [6.07, 6.45) is 1.40. The Hall–Kier alpha value is -5.83. The van der Waals surface area contributed by atoms with Gasteiger partial charge in [0.05, 0.1) is 53.8 Å². The Labute approximate surface area is 445 Å². The Bertz CT molecular complexity index is 2140. The number of carbonyl (C=O) groups excluding carboxylic acids is 11. The second-order valence-electron chi connectivity index (χ2n) is 22.7. The lowest BCUT2D eigenvalue weighted by Crippen LogP contribution is -2.44. The molecule has 4 saturated heterocycles. The van der Waals surface area contributed by atoms with E-state index in [1.54, 1.807) is 41.5 Å². The van der Waals surface area contributed by atoms with Gasteiger partial charge in [0.2, 0.25) is 23.9 Å². The topological polar surface area (TPSA) is 289 Å². The van der Waals surface area contributed by atoms with Crippen LogP contribution >= 0.6 is 0 Å². The summed E-state index contributed by atoms with van der Waals surface area (Å²) in [7, 11) is 0. The molecule has 0 radical (unpaired) electrons. The van der Waals surface area contributed by atoms with Gasteiger partial charge in [-0.2, -0.15) is 0 Å². The van der Waals surface area contributed by atoms with Crippen molar-refractivity contribution in [2.24, 2.45) is 39.4 Å². The molecule has 22 heteroatoms. The quantitative estimate of drug-likeness (QED) is 0.107. The van der Waals surface area contributed by atoms with Crippen molar-refractivity contribution < 1.29 is 105 Å². The molecule has 9 atom stereocenters. The average molecular weight is 1080 g/mol. The Morgan fingerprint density at radius 3 is 1.46 bits per heavy atom. The monoisotopic (exact) mass is 1080 g/mol. The van der Waals surface area contributed by atoms with E-state index in [2.05, 4.69) is 9.47 Å². The summed E-state index contributed by atoms with van der Waals surface area (Å²) in [5.74, 6) is -4.51. The normalized spacial score (nSPS) is 24.7. The third-order valence-electron chi connectivity index (χ3n) is 14.8. The van der Waals surface area contributed by atoms with Crippen molar-refractivity contribution in [1.82, 2.24) is 0 Å². The van der Waals surface area contributed by atoms with E-state index in [9.17, 15) is 52.7 Å². The van der Waals surface area contributed by atoms with Gasteiger partial charge in [-0.3, -0.25) is 28.8 Å². The van der Waals surface area contributed by atoms with Crippen LogP contribution in [0.25, 0.3) is 0 Å². The summed E-state index contributed by atoms with van der Waals surface area (Å²) >= 11 is 0. The van der Waals surface area contributed by atoms with Gasteiger partial charge in [0.25, 0.3) is 0 Å². The number of cyclic esters (lactones) is 3. The molecule has 0 aromatic carbocycles. The molecule has 4 aliphatic heterocycles. The van der Waals surface area contributed by atoms with Crippen molar-refractivity contribution >= 4 is 65.7 Å². The molecule has 2 bridgehead atoms. The molecule has 0 amide bonds. The van der Waals surface area contributed by atoms with Crippen LogP contribution in [0.4, 0.5) is 0 Å². The molecular weight excluding hydrogens is 1000 g/mol. The first-order valence-electron chi connectivity index (χ1n) is 26.3. The SMILES string of the molecule is CCC(C)(C)C(=O)OC(C)(C)C(=O)OC1CCOC1=O.CCC(C)(C)C(=O)OC(C)C(=O)OC1CCOC1=O.CCC(C)(C)C(=O)OC1C2CC3C(=O)OC1C3C2.CCC(C)(C)C(=O)OCCC(=O)OC1CCOC1=O. The predicted molar refractivity (Wildman–Crippen MR) is 263 cm³/mol. The van der Waals surface area contributed by atoms with Crippen molar-refractivity contribution in [3.05, 3.63) is 0 Å². The number of ether oxygens (including phenoxy) is 11. The van der Waals surface area contributed by atoms with Gasteiger partial charge in [-0.1, -0.05) is 27.7 Å². The van der Waals surface area contributed by atoms with Crippen molar-refractivity contribution in [2.75, 3.05) is 26.4 Å². The fourth-order valence-corrected chi connectivity index (χ4v) is 7.61. The lowest BCUT2D eigenvalue weighted by atomic mass is 9.87. The molecule has 0 aromatic heterocycles. The van der Waals surface area contributed by atoms with E-state index in [0.717, 1.165) is 19.3 Å². The molecule has 9 unspecified atom stereocenters. The lowest BCUT2D eigenvalue weighted by molar-refractivity contribution is -0.188. The maximum Gasteiger partial charge on any atom is 0.350 e. The van der Waals surface area contributed by atoms with Crippen LogP contribution in [0.15, 0.2) is 0 Å². The fraction of sp³-hybridized carbons (Fsp3) is 0.796. The summed E-state index contributed by atoms with van der Waals surface area (Å²) in [5.41, 5.74) is -3.78. The largest absolute Gasteiger partial charge is 0.465 e. The van der Waals surface area contributed by atoms with Gasteiger partial charge in [-0.25, -0.2) is 24.0 Å². The number of carbonyl (C=O) groups is 11. The molecule has 6 fully saturated rings. The van der Waals surface area contributed by atoms with Crippen LogP contribution < -0.4 is 0 Å². The molecule has 2 saturated carbocycles. The minimum Gasteiger partial charge on any atom is -0.465 e. The van der Waals surface area contributed by atoms with E-state index in [0.29, 0.717) is 50.4 Å². The van der Waals surface area contributed by atoms with Crippen molar-refractivity contribution in [1.29, 1.82) is 0 Å². The van der Waals surface area contributed by atoms with Crippen LogP contribution in [-0.4, -0.2) is 134 Å². The molecule has 4 heterocycles. The van der Waals surface area contributed by atoms with E-state index in [1.165, 1.54) is 20.8 Å². The molecule has 0 spiro atoms. The van der Waals surface area contributed by atoms with E-state index in [-0.39, 0.29) is 68.9 Å². The highest BCUT2D eigenvalue weighted by molar-refractivity contribution is 5.88. The summed E-state index contributed by atoms with van der Waals surface area (Å²) < 4.78 is 55.3. The van der Waals surface area contributed by atoms with E-state index >= 15 is 0 Å². The summed E-state index contributed by atoms with van der Waals surface area (Å²) in [5, 5.41) is 0. The summed E-state index contributed by atoms with van der Waals surface area (Å²) in [4.78, 5) is 128. The Balaban J connectivity index is 0.000000267. The van der Waals surface area contributed by atoms with Crippen LogP contribution in [0.2, 0.25) is 0 Å². The highest BCUT2D eigenvalue weighted by Gasteiger charge is 2.63. The first kappa shape index (κ1) is 64.5. The van der Waals surface area contributed by atoms with E-state index in [4.69, 9.17) is 42.6 Å². The Morgan fingerprint density at radius 2 is 0.987 bits per heavy atom. The van der Waals surface area contributed by atoms with Crippen LogP contribution in [0.1, 0.15) is 168 Å². The molecule has 0 aromatic rings. The lowest BCUT2D eigenvalue weighted by Gasteiger charge is -2.29. The van der Waals surface area contributed by atoms with Gasteiger partial charge >= 0.3 is 65.7 Å². The van der Waals surface area contributed by atoms with Gasteiger partial charge in [0.1, 0.15) is 18.8 Å². The van der Waals surface area contributed by atoms with E-state index in [1.807, 2.05) is 41.5 Å². The highest BCUT2D eigenvalue weighted by Crippen LogP contribution is 2.55. The van der Waals surface area contributed by atoms with Gasteiger partial charge in [-0.05, 0) is 115 Å². The molecule has 0 N–H and O–H groups in total. The van der Waals surface area contributed by atoms with Gasteiger partial charge in [0, 0.05) is 31.1 Å². The van der Waals surface area contributed by atoms with Gasteiger partial charge in [-0.15, -0.1) is 0 Å². The minimum absolute atomic E-state index is 0.0388. The van der Waals surface area contributed by atoms with Crippen LogP contribution in [-0.2, 0) is 105 Å². The second-order valence-corrected chi connectivity index (χ2v) is 22.7. The molecule has 2 aliphatic carbocycles. The van der Waals surface area contributed by atoms with Gasteiger partial charge in [0.15, 0.2) is 6.10 Å². The number of fused-ring (bicyclic) bond motifs is 1. The van der Waals surface area contributed by atoms with Crippen molar-refractivity contribution in [3.8, 4) is 0 Å². The molecular formula is C54H82O22. The van der Waals surface area contributed by atoms with Crippen LogP contribution in [0.3, 0.4) is 0 Å².